The van der Waals surface area contributed by atoms with Crippen molar-refractivity contribution in [3.8, 4) is 0 Å². The third-order valence-electron chi connectivity index (χ3n) is 3.59. The van der Waals surface area contributed by atoms with Gasteiger partial charge in [0.1, 0.15) is 17.2 Å². The lowest BCUT2D eigenvalue weighted by Gasteiger charge is -2.27. The van der Waals surface area contributed by atoms with Crippen molar-refractivity contribution in [1.29, 1.82) is 0 Å². The fourth-order valence-corrected chi connectivity index (χ4v) is 5.64. The third kappa shape index (κ3) is 21.8. The number of nitrogens with zero attached hydrogens (tertiary/aromatic N) is 1. The average Bonchev–Trinajstić information content (AvgIpc) is 2.80. The SMILES string of the molecule is CCOC(=O)C(N[S@](=O)C(C)(C)C)P(=O)(OCC)OCC.CCOC(=O)C=N[S@](=O)C(C)(C)C.CCO[P+](C)=O. The van der Waals surface area contributed by atoms with Crippen LogP contribution in [0.2, 0.25) is 0 Å². The van der Waals surface area contributed by atoms with Crippen LogP contribution in [-0.4, -0.2) is 81.5 Å². The molecule has 17 heteroatoms. The summed E-state index contributed by atoms with van der Waals surface area (Å²) in [5.74, 6) is -2.78. The zero-order valence-corrected chi connectivity index (χ0v) is 29.3. The Morgan fingerprint density at radius 1 is 0.875 bits per heavy atom. The second kappa shape index (κ2) is 22.6. The maximum atomic E-state index is 12.7. The Hall–Kier alpha value is -0.920. The lowest BCUT2D eigenvalue weighted by atomic mass is 10.3. The van der Waals surface area contributed by atoms with Crippen molar-refractivity contribution in [2.24, 2.45) is 4.40 Å². The molecule has 0 aliphatic heterocycles. The van der Waals surface area contributed by atoms with E-state index in [4.69, 9.17) is 13.8 Å². The molecule has 0 radical (unpaired) electrons. The van der Waals surface area contributed by atoms with Crippen LogP contribution in [0, 0.1) is 0 Å². The number of rotatable bonds is 14. The van der Waals surface area contributed by atoms with Crippen molar-refractivity contribution in [2.75, 3.05) is 39.7 Å². The molecule has 2 unspecified atom stereocenters. The predicted octanol–water partition coefficient (Wildman–Crippen LogP) is 4.67. The van der Waals surface area contributed by atoms with Gasteiger partial charge in [0.05, 0.1) is 53.5 Å². The zero-order valence-electron chi connectivity index (χ0n) is 25.8. The zero-order chi connectivity index (χ0) is 32.2. The van der Waals surface area contributed by atoms with Crippen LogP contribution in [0.25, 0.3) is 0 Å². The smallest absolute Gasteiger partial charge is 0.464 e. The first-order valence-electron chi connectivity index (χ1n) is 12.7. The van der Waals surface area contributed by atoms with Crippen molar-refractivity contribution in [1.82, 2.24) is 4.72 Å². The van der Waals surface area contributed by atoms with Crippen LogP contribution in [0.1, 0.15) is 76.2 Å². The van der Waals surface area contributed by atoms with Gasteiger partial charge in [-0.25, -0.2) is 22.7 Å². The molecule has 0 saturated carbocycles. The molecule has 0 aromatic carbocycles. The molecule has 0 bridgehead atoms. The molecule has 0 aromatic heterocycles. The molecule has 4 atom stereocenters. The molecule has 0 aliphatic carbocycles. The number of carbonyl (C=O) groups is 2. The fraction of sp³-hybridized carbons (Fsp3) is 0.870. The standard InChI is InChI=1S/C12H26NO6PS.C8H15NO3S.C3H8O2P/c1-7-17-11(14)10(13-21(16)12(4,5)6)20(15,18-8-2)19-9-3;1-5-12-7(10)6-9-13(11)8(2,3)4;1-3-5-6(2)4/h10,13H,7-9H2,1-6H3;6H,5H2,1-4H3;3H2,1-2H3/q;;+1/t10?,21-;13-;/m11./s1. The molecule has 0 heterocycles. The third-order valence-corrected chi connectivity index (χ3v) is 9.51. The Morgan fingerprint density at radius 2 is 1.35 bits per heavy atom. The minimum absolute atomic E-state index is 0.0943. The van der Waals surface area contributed by atoms with E-state index in [1.165, 1.54) is 0 Å². The molecular formula is C23H49N2O11P2S2+. The summed E-state index contributed by atoms with van der Waals surface area (Å²) in [6.45, 7) is 21.6. The Bertz CT molecular complexity index is 879. The summed E-state index contributed by atoms with van der Waals surface area (Å²) >= 11 is 0. The average molecular weight is 656 g/mol. The Labute approximate surface area is 245 Å². The van der Waals surface area contributed by atoms with Gasteiger partial charge in [0.15, 0.2) is 6.66 Å². The highest BCUT2D eigenvalue weighted by atomic mass is 32.2. The second-order valence-electron chi connectivity index (χ2n) is 9.23. The summed E-state index contributed by atoms with van der Waals surface area (Å²) in [6, 6.07) is 0. The maximum Gasteiger partial charge on any atom is 0.504 e. The van der Waals surface area contributed by atoms with Crippen molar-refractivity contribution in [3.63, 3.8) is 0 Å². The molecule has 0 saturated heterocycles. The van der Waals surface area contributed by atoms with Gasteiger partial charge in [0.2, 0.25) is 5.78 Å². The van der Waals surface area contributed by atoms with E-state index in [-0.39, 0.29) is 19.8 Å². The highest BCUT2D eigenvalue weighted by Crippen LogP contribution is 2.52. The molecule has 13 nitrogen and oxygen atoms in total. The minimum Gasteiger partial charge on any atom is -0.464 e. The summed E-state index contributed by atoms with van der Waals surface area (Å²) in [6.07, 6.45) is 0.963. The normalized spacial score (nSPS) is 14.6. The first-order valence-corrected chi connectivity index (χ1v) is 18.2. The van der Waals surface area contributed by atoms with Gasteiger partial charge in [-0.3, -0.25) is 4.57 Å². The summed E-state index contributed by atoms with van der Waals surface area (Å²) < 4.78 is 75.6. The molecule has 1 N–H and O–H groups in total. The summed E-state index contributed by atoms with van der Waals surface area (Å²) in [5.41, 5.74) is 0. The summed E-state index contributed by atoms with van der Waals surface area (Å²) in [7, 11) is -8.19. The lowest BCUT2D eigenvalue weighted by molar-refractivity contribution is -0.143. The van der Waals surface area contributed by atoms with Gasteiger partial charge >= 0.3 is 27.6 Å². The molecule has 0 amide bonds. The molecule has 238 valence electrons. The Morgan fingerprint density at radius 3 is 1.65 bits per heavy atom. The van der Waals surface area contributed by atoms with Crippen molar-refractivity contribution >= 4 is 55.7 Å². The first kappa shape index (κ1) is 43.5. The lowest BCUT2D eigenvalue weighted by Crippen LogP contribution is -2.45. The first-order chi connectivity index (χ1) is 18.3. The van der Waals surface area contributed by atoms with E-state index in [0.29, 0.717) is 13.2 Å². The van der Waals surface area contributed by atoms with Gasteiger partial charge in [-0.05, 0) is 80.7 Å². The van der Waals surface area contributed by atoms with E-state index in [1.807, 2.05) is 6.92 Å². The molecule has 40 heavy (non-hydrogen) atoms. The van der Waals surface area contributed by atoms with Gasteiger partial charge in [-0.2, -0.15) is 4.40 Å². The van der Waals surface area contributed by atoms with Crippen LogP contribution in [0.5, 0.6) is 0 Å². The molecule has 0 fully saturated rings. The minimum atomic E-state index is -3.82. The highest BCUT2D eigenvalue weighted by molar-refractivity contribution is 7.85. The Kier molecular flexibility index (Phi) is 24.6. The molecule has 0 rings (SSSR count). The molecule has 0 aliphatic rings. The van der Waals surface area contributed by atoms with Crippen LogP contribution in [-0.2, 0) is 63.7 Å². The van der Waals surface area contributed by atoms with Crippen LogP contribution in [0.15, 0.2) is 4.40 Å². The predicted molar refractivity (Wildman–Crippen MR) is 160 cm³/mol. The monoisotopic (exact) mass is 655 g/mol. The van der Waals surface area contributed by atoms with Gasteiger partial charge in [-0.15, -0.1) is 4.52 Å². The molecule has 0 spiro atoms. The van der Waals surface area contributed by atoms with Crippen LogP contribution >= 0.6 is 15.6 Å². The summed E-state index contributed by atoms with van der Waals surface area (Å²) in [5, 5.41) is 0. The van der Waals surface area contributed by atoms with E-state index in [2.05, 4.69) is 18.4 Å². The number of hydrogen-bond donors (Lipinski definition) is 1. The quantitative estimate of drug-likeness (QED) is 0.157. The van der Waals surface area contributed by atoms with E-state index in [9.17, 15) is 27.1 Å². The van der Waals surface area contributed by atoms with Crippen LogP contribution in [0.4, 0.5) is 0 Å². The topological polar surface area (TPSA) is 173 Å². The van der Waals surface area contributed by atoms with Crippen LogP contribution < -0.4 is 4.72 Å². The van der Waals surface area contributed by atoms with E-state index in [0.717, 1.165) is 6.21 Å². The largest absolute Gasteiger partial charge is 0.504 e. The van der Waals surface area contributed by atoms with Gasteiger partial charge < -0.3 is 18.5 Å². The van der Waals surface area contributed by atoms with Crippen molar-refractivity contribution < 1.29 is 50.2 Å². The molecular weight excluding hydrogens is 606 g/mol. The maximum absolute atomic E-state index is 12.7. The van der Waals surface area contributed by atoms with Crippen molar-refractivity contribution in [3.05, 3.63) is 0 Å². The number of hydrogen-bond acceptors (Lipinski definition) is 11. The van der Waals surface area contributed by atoms with Gasteiger partial charge in [0.25, 0.3) is 0 Å². The number of nitrogens with one attached hydrogen (secondary N) is 1. The number of ether oxygens (including phenoxy) is 2. The van der Waals surface area contributed by atoms with E-state index < -0.39 is 64.8 Å². The van der Waals surface area contributed by atoms with E-state index in [1.54, 1.807) is 75.9 Å². The number of esters is 2. The Balaban J connectivity index is -0.000000608. The highest BCUT2D eigenvalue weighted by Gasteiger charge is 2.44. The molecule has 0 aromatic rings. The number of carbonyl (C=O) groups excluding carboxylic acids is 2. The second-order valence-corrected chi connectivity index (χ2v) is 16.4. The van der Waals surface area contributed by atoms with E-state index >= 15 is 0 Å². The van der Waals surface area contributed by atoms with Crippen LogP contribution in [0.3, 0.4) is 0 Å². The van der Waals surface area contributed by atoms with Crippen molar-refractivity contribution in [2.45, 2.75) is 91.4 Å². The summed E-state index contributed by atoms with van der Waals surface area (Å²) in [4.78, 5) is 22.8. The van der Waals surface area contributed by atoms with Gasteiger partial charge in [-0.1, -0.05) is 0 Å². The fourth-order valence-electron chi connectivity index (χ4n) is 1.90. The van der Waals surface area contributed by atoms with Gasteiger partial charge in [0, 0.05) is 0 Å².